The van der Waals surface area contributed by atoms with Gasteiger partial charge in [-0.25, -0.2) is 13.4 Å². The van der Waals surface area contributed by atoms with Crippen LogP contribution in [-0.4, -0.2) is 41.3 Å². The summed E-state index contributed by atoms with van der Waals surface area (Å²) in [5, 5.41) is 3.31. The summed E-state index contributed by atoms with van der Waals surface area (Å²) in [4.78, 5) is 17.2. The van der Waals surface area contributed by atoms with E-state index in [-0.39, 0.29) is 22.9 Å². The van der Waals surface area contributed by atoms with Crippen molar-refractivity contribution in [1.82, 2.24) is 19.2 Å². The van der Waals surface area contributed by atoms with Gasteiger partial charge < -0.3 is 9.88 Å². The molecule has 1 unspecified atom stereocenters. The summed E-state index contributed by atoms with van der Waals surface area (Å²) in [6.07, 6.45) is 6.85. The summed E-state index contributed by atoms with van der Waals surface area (Å²) >= 11 is 0. The second kappa shape index (κ2) is 10.4. The zero-order chi connectivity index (χ0) is 22.4. The number of sulfonamides is 1. The van der Waals surface area contributed by atoms with Crippen molar-refractivity contribution in [3.8, 4) is 0 Å². The molecule has 0 radical (unpaired) electrons. The molecule has 1 saturated heterocycles. The van der Waals surface area contributed by atoms with E-state index in [0.717, 1.165) is 31.2 Å². The number of aryl methyl sites for hydroxylation is 2. The smallest absolute Gasteiger partial charge is 0.262 e. The van der Waals surface area contributed by atoms with Gasteiger partial charge in [0.25, 0.3) is 10.0 Å². The molecular formula is C23H34N4O3S. The van der Waals surface area contributed by atoms with E-state index in [1.807, 2.05) is 18.2 Å². The normalized spacial score (nSPS) is 16.9. The van der Waals surface area contributed by atoms with Crippen LogP contribution in [0, 0.1) is 12.8 Å². The van der Waals surface area contributed by atoms with E-state index in [4.69, 9.17) is 0 Å². The largest absolute Gasteiger partial charge is 0.349 e. The van der Waals surface area contributed by atoms with Gasteiger partial charge in [-0.05, 0) is 31.7 Å². The van der Waals surface area contributed by atoms with Crippen molar-refractivity contribution in [3.05, 3.63) is 47.9 Å². The molecule has 0 spiro atoms. The number of aromatic nitrogens is 2. The summed E-state index contributed by atoms with van der Waals surface area (Å²) < 4.78 is 28.9. The highest BCUT2D eigenvalue weighted by Gasteiger charge is 2.34. The van der Waals surface area contributed by atoms with E-state index < -0.39 is 10.0 Å². The number of benzene rings is 1. The third kappa shape index (κ3) is 5.74. The van der Waals surface area contributed by atoms with Crippen LogP contribution >= 0.6 is 0 Å². The highest BCUT2D eigenvalue weighted by molar-refractivity contribution is 7.89. The van der Waals surface area contributed by atoms with E-state index in [1.165, 1.54) is 4.31 Å². The van der Waals surface area contributed by atoms with Crippen LogP contribution in [0.1, 0.15) is 62.9 Å². The van der Waals surface area contributed by atoms with Gasteiger partial charge in [0.2, 0.25) is 5.91 Å². The maximum atomic E-state index is 13.0. The number of hydrogen-bond donors (Lipinski definition) is 1. The number of rotatable bonds is 9. The van der Waals surface area contributed by atoms with Gasteiger partial charge in [0.05, 0.1) is 6.04 Å². The maximum Gasteiger partial charge on any atom is 0.262 e. The third-order valence-electron chi connectivity index (χ3n) is 6.13. The number of nitrogens with one attached hydrogen (secondary N) is 1. The minimum absolute atomic E-state index is 0.00138. The quantitative estimate of drug-likeness (QED) is 0.597. The van der Waals surface area contributed by atoms with Gasteiger partial charge >= 0.3 is 0 Å². The van der Waals surface area contributed by atoms with E-state index in [1.54, 1.807) is 24.7 Å². The first kappa shape index (κ1) is 23.5. The zero-order valence-electron chi connectivity index (χ0n) is 18.8. The monoisotopic (exact) mass is 446 g/mol. The number of unbranched alkanes of at least 4 members (excludes halogenated alkanes) is 2. The molecule has 2 aromatic rings. The van der Waals surface area contributed by atoms with Crippen molar-refractivity contribution in [2.75, 3.05) is 13.1 Å². The zero-order valence-corrected chi connectivity index (χ0v) is 19.6. The molecule has 31 heavy (non-hydrogen) atoms. The van der Waals surface area contributed by atoms with Gasteiger partial charge in [-0.2, -0.15) is 4.31 Å². The number of imidazole rings is 1. The minimum Gasteiger partial charge on any atom is -0.349 e. The van der Waals surface area contributed by atoms with Gasteiger partial charge in [-0.15, -0.1) is 0 Å². The maximum absolute atomic E-state index is 13.0. The average molecular weight is 447 g/mol. The third-order valence-corrected chi connectivity index (χ3v) is 7.90. The molecule has 7 nitrogen and oxygen atoms in total. The van der Waals surface area contributed by atoms with Gasteiger partial charge in [0, 0.05) is 32.3 Å². The summed E-state index contributed by atoms with van der Waals surface area (Å²) in [5.74, 6) is 0.508. The summed E-state index contributed by atoms with van der Waals surface area (Å²) in [6.45, 7) is 4.62. The fourth-order valence-corrected chi connectivity index (χ4v) is 5.53. The lowest BCUT2D eigenvalue weighted by Gasteiger charge is -2.31. The number of nitrogens with zero attached hydrogens (tertiary/aromatic N) is 3. The van der Waals surface area contributed by atoms with Crippen LogP contribution < -0.4 is 5.32 Å². The Bertz CT molecular complexity index is 944. The molecule has 0 aliphatic carbocycles. The standard InChI is InChI=1S/C23H34N4O3S/c1-4-5-7-12-21(19-10-8-6-9-11-19)25-23(28)20-13-15-27(16-14-20)31(29,30)22-17-26(3)18(2)24-22/h6,8-11,17,20-21H,4-5,7,12-16H2,1-3H3,(H,25,28). The highest BCUT2D eigenvalue weighted by Crippen LogP contribution is 2.26. The Morgan fingerprint density at radius 3 is 2.45 bits per heavy atom. The Labute approximate surface area is 185 Å². The van der Waals surface area contributed by atoms with Crippen LogP contribution in [0.4, 0.5) is 0 Å². The van der Waals surface area contributed by atoms with Crippen molar-refractivity contribution in [3.63, 3.8) is 0 Å². The number of piperidine rings is 1. The van der Waals surface area contributed by atoms with Crippen molar-refractivity contribution in [2.45, 2.75) is 63.4 Å². The molecule has 1 fully saturated rings. The van der Waals surface area contributed by atoms with Crippen LogP contribution in [0.2, 0.25) is 0 Å². The van der Waals surface area contributed by atoms with Gasteiger partial charge in [-0.1, -0.05) is 56.5 Å². The van der Waals surface area contributed by atoms with Crippen LogP contribution in [0.15, 0.2) is 41.6 Å². The molecule has 1 amide bonds. The van der Waals surface area contributed by atoms with Crippen LogP contribution in [-0.2, 0) is 21.9 Å². The van der Waals surface area contributed by atoms with Crippen molar-refractivity contribution in [1.29, 1.82) is 0 Å². The Balaban J connectivity index is 1.60. The molecule has 2 heterocycles. The predicted molar refractivity (Wildman–Crippen MR) is 121 cm³/mol. The highest BCUT2D eigenvalue weighted by atomic mass is 32.2. The van der Waals surface area contributed by atoms with Gasteiger partial charge in [0.15, 0.2) is 5.03 Å². The Hall–Kier alpha value is -2.19. The van der Waals surface area contributed by atoms with E-state index >= 15 is 0 Å². The molecule has 1 aromatic heterocycles. The lowest BCUT2D eigenvalue weighted by molar-refractivity contribution is -0.127. The van der Waals surface area contributed by atoms with Crippen LogP contribution in [0.3, 0.4) is 0 Å². The lowest BCUT2D eigenvalue weighted by Crippen LogP contribution is -2.43. The van der Waals surface area contributed by atoms with Crippen molar-refractivity contribution < 1.29 is 13.2 Å². The number of carbonyl (C=O) groups excluding carboxylic acids is 1. The van der Waals surface area contributed by atoms with Crippen molar-refractivity contribution >= 4 is 15.9 Å². The van der Waals surface area contributed by atoms with E-state index in [2.05, 4.69) is 29.4 Å². The Kier molecular flexibility index (Phi) is 7.89. The molecule has 170 valence electrons. The first-order valence-corrected chi connectivity index (χ1v) is 12.6. The molecule has 3 rings (SSSR count). The van der Waals surface area contributed by atoms with Crippen molar-refractivity contribution in [2.24, 2.45) is 13.0 Å². The Morgan fingerprint density at radius 1 is 1.19 bits per heavy atom. The Morgan fingerprint density at radius 2 is 1.87 bits per heavy atom. The molecule has 1 aliphatic heterocycles. The van der Waals surface area contributed by atoms with Gasteiger partial charge in [-0.3, -0.25) is 4.79 Å². The minimum atomic E-state index is -3.62. The average Bonchev–Trinajstić information content (AvgIpc) is 3.13. The molecule has 1 atom stereocenters. The second-order valence-electron chi connectivity index (χ2n) is 8.38. The fraction of sp³-hybridized carbons (Fsp3) is 0.565. The fourth-order valence-electron chi connectivity index (χ4n) is 4.04. The van der Waals surface area contributed by atoms with Gasteiger partial charge in [0.1, 0.15) is 5.82 Å². The van der Waals surface area contributed by atoms with E-state index in [0.29, 0.717) is 31.8 Å². The number of hydrogen-bond acceptors (Lipinski definition) is 4. The number of carbonyl (C=O) groups is 1. The molecule has 1 aliphatic rings. The van der Waals surface area contributed by atoms with Crippen LogP contribution in [0.25, 0.3) is 0 Å². The van der Waals surface area contributed by atoms with Crippen LogP contribution in [0.5, 0.6) is 0 Å². The molecular weight excluding hydrogens is 412 g/mol. The summed E-state index contributed by atoms with van der Waals surface area (Å²) in [5.41, 5.74) is 1.12. The first-order chi connectivity index (χ1) is 14.8. The lowest BCUT2D eigenvalue weighted by atomic mass is 9.95. The predicted octanol–water partition coefficient (Wildman–Crippen LogP) is 3.57. The second-order valence-corrected chi connectivity index (χ2v) is 10.3. The SMILES string of the molecule is CCCCCC(NC(=O)C1CCN(S(=O)(=O)c2cn(C)c(C)n2)CC1)c1ccccc1. The molecule has 0 saturated carbocycles. The van der Waals surface area contributed by atoms with E-state index in [9.17, 15) is 13.2 Å². The molecule has 1 aromatic carbocycles. The summed E-state index contributed by atoms with van der Waals surface area (Å²) in [6, 6.07) is 10.1. The molecule has 1 N–H and O–H groups in total. The molecule has 0 bridgehead atoms. The summed E-state index contributed by atoms with van der Waals surface area (Å²) in [7, 11) is -1.84. The first-order valence-electron chi connectivity index (χ1n) is 11.2. The topological polar surface area (TPSA) is 84.3 Å². The number of amides is 1. The molecule has 8 heteroatoms.